The molecule has 1 saturated carbocycles. The standard InChI is InChI=1S/C18H29N3OS/c1-18(2,3)15-12-23-17(19-15)14-7-5-6-10-21(14)16(22)11-20(4)13-8-9-13/h12-14H,5-11H2,1-4H3/t14-/m0/s1. The van der Waals surface area contributed by atoms with E-state index in [1.807, 2.05) is 0 Å². The van der Waals surface area contributed by atoms with Gasteiger partial charge in [-0.2, -0.15) is 0 Å². The van der Waals surface area contributed by atoms with E-state index in [-0.39, 0.29) is 17.4 Å². The van der Waals surface area contributed by atoms with Crippen molar-refractivity contribution in [1.29, 1.82) is 0 Å². The fourth-order valence-corrected chi connectivity index (χ4v) is 4.41. The Morgan fingerprint density at radius 2 is 2.09 bits per heavy atom. The molecule has 1 atom stereocenters. The van der Waals surface area contributed by atoms with Gasteiger partial charge >= 0.3 is 0 Å². The van der Waals surface area contributed by atoms with E-state index in [4.69, 9.17) is 4.98 Å². The maximum absolute atomic E-state index is 12.8. The Labute approximate surface area is 143 Å². The molecular formula is C18H29N3OS. The highest BCUT2D eigenvalue weighted by molar-refractivity contribution is 7.09. The number of thiazole rings is 1. The van der Waals surface area contributed by atoms with E-state index in [1.165, 1.54) is 19.3 Å². The predicted molar refractivity (Wildman–Crippen MR) is 94.8 cm³/mol. The molecule has 0 aromatic carbocycles. The van der Waals surface area contributed by atoms with Crippen molar-refractivity contribution in [2.24, 2.45) is 0 Å². The summed E-state index contributed by atoms with van der Waals surface area (Å²) in [5, 5.41) is 3.29. The first kappa shape index (κ1) is 16.9. The zero-order chi connectivity index (χ0) is 16.6. The molecule has 3 rings (SSSR count). The number of likely N-dealkylation sites (N-methyl/N-ethyl adjacent to an activating group) is 1. The van der Waals surface area contributed by atoms with E-state index < -0.39 is 0 Å². The molecule has 4 nitrogen and oxygen atoms in total. The molecule has 1 aromatic rings. The molecule has 5 heteroatoms. The lowest BCUT2D eigenvalue weighted by Crippen LogP contribution is -2.44. The normalized spacial score (nSPS) is 22.7. The van der Waals surface area contributed by atoms with Crippen LogP contribution in [-0.2, 0) is 10.2 Å². The van der Waals surface area contributed by atoms with Gasteiger partial charge in [-0.1, -0.05) is 20.8 Å². The average Bonchev–Trinajstić information content (AvgIpc) is 3.23. The summed E-state index contributed by atoms with van der Waals surface area (Å²) in [6.45, 7) is 8.02. The zero-order valence-corrected chi connectivity index (χ0v) is 15.7. The minimum Gasteiger partial charge on any atom is -0.332 e. The number of nitrogens with zero attached hydrogens (tertiary/aromatic N) is 3. The van der Waals surface area contributed by atoms with Gasteiger partial charge < -0.3 is 4.90 Å². The lowest BCUT2D eigenvalue weighted by molar-refractivity contribution is -0.136. The number of carbonyl (C=O) groups is 1. The smallest absolute Gasteiger partial charge is 0.237 e. The van der Waals surface area contributed by atoms with Crippen LogP contribution in [0.4, 0.5) is 0 Å². The van der Waals surface area contributed by atoms with Gasteiger partial charge in [0.25, 0.3) is 0 Å². The van der Waals surface area contributed by atoms with Gasteiger partial charge in [-0.25, -0.2) is 4.98 Å². The first-order valence-electron chi connectivity index (χ1n) is 8.82. The van der Waals surface area contributed by atoms with Crippen molar-refractivity contribution in [3.05, 3.63) is 16.1 Å². The number of carbonyl (C=O) groups excluding carboxylic acids is 1. The van der Waals surface area contributed by atoms with Gasteiger partial charge in [0.1, 0.15) is 5.01 Å². The highest BCUT2D eigenvalue weighted by atomic mass is 32.1. The molecule has 128 valence electrons. The van der Waals surface area contributed by atoms with Gasteiger partial charge in [-0.15, -0.1) is 11.3 Å². The fraction of sp³-hybridized carbons (Fsp3) is 0.778. The topological polar surface area (TPSA) is 36.4 Å². The molecule has 1 saturated heterocycles. The first-order valence-corrected chi connectivity index (χ1v) is 9.70. The van der Waals surface area contributed by atoms with Crippen molar-refractivity contribution < 1.29 is 4.79 Å². The van der Waals surface area contributed by atoms with Crippen LogP contribution in [0, 0.1) is 0 Å². The second-order valence-corrected chi connectivity index (χ2v) is 8.96. The fourth-order valence-electron chi connectivity index (χ4n) is 3.22. The van der Waals surface area contributed by atoms with Crippen LogP contribution >= 0.6 is 11.3 Å². The average molecular weight is 336 g/mol. The van der Waals surface area contributed by atoms with Crippen LogP contribution in [0.5, 0.6) is 0 Å². The number of piperidine rings is 1. The van der Waals surface area contributed by atoms with Gasteiger partial charge in [0.2, 0.25) is 5.91 Å². The third-order valence-electron chi connectivity index (χ3n) is 4.95. The highest BCUT2D eigenvalue weighted by Gasteiger charge is 2.33. The number of amides is 1. The second kappa shape index (κ2) is 6.52. The Morgan fingerprint density at radius 3 is 2.70 bits per heavy atom. The first-order chi connectivity index (χ1) is 10.9. The molecule has 1 aromatic heterocycles. The molecule has 1 aliphatic heterocycles. The molecule has 0 N–H and O–H groups in total. The Morgan fingerprint density at radius 1 is 1.35 bits per heavy atom. The van der Waals surface area contributed by atoms with E-state index in [2.05, 4.69) is 43.0 Å². The van der Waals surface area contributed by atoms with Crippen molar-refractivity contribution in [2.75, 3.05) is 20.1 Å². The maximum Gasteiger partial charge on any atom is 0.237 e. The van der Waals surface area contributed by atoms with Gasteiger partial charge in [0.05, 0.1) is 18.3 Å². The van der Waals surface area contributed by atoms with Crippen LogP contribution in [0.2, 0.25) is 0 Å². The molecule has 0 spiro atoms. The molecule has 2 heterocycles. The Balaban J connectivity index is 1.72. The number of likely N-dealkylation sites (tertiary alicyclic amines) is 1. The van der Waals surface area contributed by atoms with E-state index in [1.54, 1.807) is 11.3 Å². The maximum atomic E-state index is 12.8. The van der Waals surface area contributed by atoms with Crippen molar-refractivity contribution in [3.63, 3.8) is 0 Å². The summed E-state index contributed by atoms with van der Waals surface area (Å²) in [5.41, 5.74) is 1.22. The van der Waals surface area contributed by atoms with Crippen molar-refractivity contribution in [2.45, 2.75) is 70.4 Å². The predicted octanol–water partition coefficient (Wildman–Crippen LogP) is 3.59. The van der Waals surface area contributed by atoms with Crippen LogP contribution in [0.25, 0.3) is 0 Å². The molecule has 0 bridgehead atoms. The van der Waals surface area contributed by atoms with E-state index in [9.17, 15) is 4.79 Å². The SMILES string of the molecule is CN(CC(=O)N1CCCC[C@H]1c1nc(C(C)(C)C)cs1)C1CC1. The van der Waals surface area contributed by atoms with Crippen molar-refractivity contribution in [3.8, 4) is 0 Å². The van der Waals surface area contributed by atoms with E-state index >= 15 is 0 Å². The molecule has 0 unspecified atom stereocenters. The summed E-state index contributed by atoms with van der Waals surface area (Å²) >= 11 is 1.72. The van der Waals surface area contributed by atoms with Crippen LogP contribution < -0.4 is 0 Å². The van der Waals surface area contributed by atoms with Crippen LogP contribution in [0.3, 0.4) is 0 Å². The quantitative estimate of drug-likeness (QED) is 0.844. The Hall–Kier alpha value is -0.940. The van der Waals surface area contributed by atoms with Crippen LogP contribution in [-0.4, -0.2) is 46.9 Å². The number of rotatable bonds is 4. The van der Waals surface area contributed by atoms with Crippen LogP contribution in [0.15, 0.2) is 5.38 Å². The summed E-state index contributed by atoms with van der Waals surface area (Å²) in [4.78, 5) is 22.0. The third kappa shape index (κ3) is 3.94. The van der Waals surface area contributed by atoms with Gasteiger partial charge in [0, 0.05) is 23.4 Å². The molecule has 0 radical (unpaired) electrons. The highest BCUT2D eigenvalue weighted by Crippen LogP contribution is 2.35. The number of aromatic nitrogens is 1. The molecule has 2 aliphatic rings. The summed E-state index contributed by atoms with van der Waals surface area (Å²) in [6.07, 6.45) is 5.85. The minimum atomic E-state index is 0.0739. The summed E-state index contributed by atoms with van der Waals surface area (Å²) in [6, 6.07) is 0.819. The van der Waals surface area contributed by atoms with E-state index in [0.717, 1.165) is 30.1 Å². The van der Waals surface area contributed by atoms with Crippen LogP contribution in [0.1, 0.15) is 69.6 Å². The van der Waals surface area contributed by atoms with E-state index in [0.29, 0.717) is 12.6 Å². The molecule has 23 heavy (non-hydrogen) atoms. The Bertz CT molecular complexity index is 559. The monoisotopic (exact) mass is 335 g/mol. The van der Waals surface area contributed by atoms with Gasteiger partial charge in [0.15, 0.2) is 0 Å². The summed E-state index contributed by atoms with van der Waals surface area (Å²) in [5.74, 6) is 0.275. The van der Waals surface area contributed by atoms with Gasteiger partial charge in [-0.05, 0) is 39.2 Å². The molecular weight excluding hydrogens is 306 g/mol. The zero-order valence-electron chi connectivity index (χ0n) is 14.8. The number of hydrogen-bond donors (Lipinski definition) is 0. The van der Waals surface area contributed by atoms with Crippen molar-refractivity contribution >= 4 is 17.2 Å². The largest absolute Gasteiger partial charge is 0.332 e. The second-order valence-electron chi connectivity index (χ2n) is 8.07. The molecule has 1 aliphatic carbocycles. The summed E-state index contributed by atoms with van der Waals surface area (Å²) < 4.78 is 0. The van der Waals surface area contributed by atoms with Gasteiger partial charge in [-0.3, -0.25) is 9.69 Å². The molecule has 2 fully saturated rings. The summed E-state index contributed by atoms with van der Waals surface area (Å²) in [7, 11) is 2.08. The lowest BCUT2D eigenvalue weighted by Gasteiger charge is -2.35. The number of hydrogen-bond acceptors (Lipinski definition) is 4. The molecule has 1 amide bonds. The van der Waals surface area contributed by atoms with Crippen molar-refractivity contribution in [1.82, 2.24) is 14.8 Å². The third-order valence-corrected chi connectivity index (χ3v) is 5.90. The minimum absolute atomic E-state index is 0.0739. The lowest BCUT2D eigenvalue weighted by atomic mass is 9.93. The Kier molecular flexibility index (Phi) is 4.79.